The summed E-state index contributed by atoms with van der Waals surface area (Å²) in [6.45, 7) is 10.9. The smallest absolute Gasteiger partial charge is 0.351 e. The Balaban J connectivity index is 1.89. The number of nitrogens with two attached hydrogens (primary N) is 1. The lowest BCUT2D eigenvalue weighted by Crippen LogP contribution is -2.67. The Kier molecular flexibility index (Phi) is 7.45. The van der Waals surface area contributed by atoms with Gasteiger partial charge < -0.3 is 14.9 Å². The van der Waals surface area contributed by atoms with Crippen LogP contribution in [0.5, 0.6) is 0 Å². The number of ether oxygens (including phenoxy) is 1. The highest BCUT2D eigenvalue weighted by atomic mass is 28.4. The quantitative estimate of drug-likeness (QED) is 0.401. The fraction of sp³-hybridized carbons (Fsp3) is 0.280. The van der Waals surface area contributed by atoms with Gasteiger partial charge in [-0.05, 0) is 21.5 Å². The van der Waals surface area contributed by atoms with E-state index in [4.69, 9.17) is 14.9 Å². The van der Waals surface area contributed by atoms with Gasteiger partial charge in [-0.1, -0.05) is 87.5 Å². The number of anilines is 1. The van der Waals surface area contributed by atoms with Crippen LogP contribution in [0.4, 0.5) is 5.82 Å². The van der Waals surface area contributed by atoms with E-state index in [9.17, 15) is 4.79 Å². The lowest BCUT2D eigenvalue weighted by molar-refractivity contribution is 0.00509. The molecule has 1 unspecified atom stereocenters. The number of rotatable bonds is 9. The molecule has 1 atom stereocenters. The van der Waals surface area contributed by atoms with Crippen molar-refractivity contribution in [3.63, 3.8) is 0 Å². The number of hydrogen-bond donors (Lipinski definition) is 1. The van der Waals surface area contributed by atoms with Crippen molar-refractivity contribution in [3.05, 3.63) is 96.1 Å². The Bertz CT molecular complexity index is 1040. The summed E-state index contributed by atoms with van der Waals surface area (Å²) in [4.78, 5) is 15.7. The zero-order valence-corrected chi connectivity index (χ0v) is 19.9. The first-order valence-corrected chi connectivity index (χ1v) is 12.5. The molecule has 2 N–H and O–H groups in total. The summed E-state index contributed by atoms with van der Waals surface area (Å²) in [5, 5.41) is 2.25. The lowest BCUT2D eigenvalue weighted by Gasteiger charge is -2.43. The third-order valence-electron chi connectivity index (χ3n) is 5.47. The van der Waals surface area contributed by atoms with Crippen LogP contribution in [0.15, 0.2) is 90.4 Å². The molecule has 6 nitrogen and oxygen atoms in total. The maximum atomic E-state index is 12.0. The van der Waals surface area contributed by atoms with Gasteiger partial charge in [0.2, 0.25) is 0 Å². The molecule has 2 aromatic carbocycles. The van der Waals surface area contributed by atoms with Crippen LogP contribution in [-0.2, 0) is 15.9 Å². The predicted octanol–water partition coefficient (Wildman–Crippen LogP) is 2.93. The minimum absolute atomic E-state index is 0.0346. The van der Waals surface area contributed by atoms with Crippen LogP contribution in [0, 0.1) is 0 Å². The molecule has 0 amide bonds. The fourth-order valence-electron chi connectivity index (χ4n) is 3.87. The first kappa shape index (κ1) is 23.7. The van der Waals surface area contributed by atoms with Gasteiger partial charge in [-0.2, -0.15) is 4.98 Å². The second-order valence-electron chi connectivity index (χ2n) is 8.65. The minimum Gasteiger partial charge on any atom is -0.404 e. The topological polar surface area (TPSA) is 79.4 Å². The summed E-state index contributed by atoms with van der Waals surface area (Å²) >= 11 is 0. The van der Waals surface area contributed by atoms with Gasteiger partial charge in [-0.3, -0.25) is 4.57 Å². The Hall–Kier alpha value is -3.00. The molecule has 0 radical (unpaired) electrons. The molecule has 7 heteroatoms. The number of hydrogen-bond acceptors (Lipinski definition) is 5. The van der Waals surface area contributed by atoms with Crippen LogP contribution in [0.25, 0.3) is 0 Å². The molecule has 0 bridgehead atoms. The monoisotopic (exact) mass is 449 g/mol. The summed E-state index contributed by atoms with van der Waals surface area (Å²) in [6, 6.07) is 22.4. The SMILES string of the molecule is C=CC(CO[Si](c1ccccc1)(c1ccccc1)C(C)(C)C)OCn1ccc(N)nc1=O. The number of aromatic nitrogens is 2. The maximum Gasteiger partial charge on any atom is 0.351 e. The van der Waals surface area contributed by atoms with Crippen molar-refractivity contribution in [2.45, 2.75) is 38.6 Å². The second kappa shape index (κ2) is 10.1. The Labute approximate surface area is 190 Å². The van der Waals surface area contributed by atoms with Gasteiger partial charge in [-0.15, -0.1) is 6.58 Å². The van der Waals surface area contributed by atoms with Gasteiger partial charge in [0.1, 0.15) is 12.5 Å². The minimum atomic E-state index is -2.68. The van der Waals surface area contributed by atoms with E-state index in [-0.39, 0.29) is 17.6 Å². The third kappa shape index (κ3) is 5.07. The van der Waals surface area contributed by atoms with E-state index in [0.29, 0.717) is 6.61 Å². The molecule has 3 rings (SSSR count). The van der Waals surface area contributed by atoms with E-state index in [1.54, 1.807) is 18.3 Å². The van der Waals surface area contributed by atoms with Crippen molar-refractivity contribution in [2.75, 3.05) is 12.3 Å². The molecule has 0 aliphatic rings. The maximum absolute atomic E-state index is 12.0. The van der Waals surface area contributed by atoms with Crippen molar-refractivity contribution < 1.29 is 9.16 Å². The molecule has 3 aromatic rings. The Morgan fingerprint density at radius 2 is 1.62 bits per heavy atom. The van der Waals surface area contributed by atoms with E-state index in [1.165, 1.54) is 14.9 Å². The highest BCUT2D eigenvalue weighted by molar-refractivity contribution is 6.99. The van der Waals surface area contributed by atoms with E-state index >= 15 is 0 Å². The zero-order chi connectivity index (χ0) is 23.2. The molecule has 1 heterocycles. The highest BCUT2D eigenvalue weighted by Gasteiger charge is 2.50. The lowest BCUT2D eigenvalue weighted by atomic mass is 10.2. The van der Waals surface area contributed by atoms with Gasteiger partial charge in [-0.25, -0.2) is 4.79 Å². The van der Waals surface area contributed by atoms with Gasteiger partial charge >= 0.3 is 5.69 Å². The molecule has 0 saturated heterocycles. The molecule has 168 valence electrons. The normalized spacial score (nSPS) is 13.0. The van der Waals surface area contributed by atoms with E-state index in [2.05, 4.69) is 80.9 Å². The molecule has 0 fully saturated rings. The van der Waals surface area contributed by atoms with E-state index in [0.717, 1.165) is 0 Å². The summed E-state index contributed by atoms with van der Waals surface area (Å²) in [6.07, 6.45) is 2.86. The molecular weight excluding hydrogens is 418 g/mol. The first-order valence-electron chi connectivity index (χ1n) is 10.6. The van der Waals surface area contributed by atoms with Crippen molar-refractivity contribution >= 4 is 24.5 Å². The molecule has 0 aliphatic carbocycles. The van der Waals surface area contributed by atoms with Gasteiger partial charge in [0.25, 0.3) is 8.32 Å². The average molecular weight is 450 g/mol. The van der Waals surface area contributed by atoms with Crippen molar-refractivity contribution in [1.82, 2.24) is 9.55 Å². The zero-order valence-electron chi connectivity index (χ0n) is 18.9. The molecule has 32 heavy (non-hydrogen) atoms. The van der Waals surface area contributed by atoms with Gasteiger partial charge in [0.15, 0.2) is 0 Å². The van der Waals surface area contributed by atoms with Crippen LogP contribution < -0.4 is 21.8 Å². The molecular formula is C25H31N3O3Si. The van der Waals surface area contributed by atoms with E-state index in [1.807, 2.05) is 12.1 Å². The van der Waals surface area contributed by atoms with Crippen LogP contribution >= 0.6 is 0 Å². The molecule has 1 aromatic heterocycles. The van der Waals surface area contributed by atoms with Crippen LogP contribution in [0.2, 0.25) is 5.04 Å². The van der Waals surface area contributed by atoms with Crippen LogP contribution in [-0.4, -0.2) is 30.6 Å². The van der Waals surface area contributed by atoms with Crippen molar-refractivity contribution in [2.24, 2.45) is 0 Å². The fourth-order valence-corrected chi connectivity index (χ4v) is 8.44. The number of benzene rings is 2. The Morgan fingerprint density at radius 3 is 2.09 bits per heavy atom. The average Bonchev–Trinajstić information content (AvgIpc) is 2.78. The third-order valence-corrected chi connectivity index (χ3v) is 10.5. The Morgan fingerprint density at radius 1 is 1.06 bits per heavy atom. The predicted molar refractivity (Wildman–Crippen MR) is 132 cm³/mol. The molecule has 0 saturated carbocycles. The summed E-state index contributed by atoms with van der Waals surface area (Å²) in [5.74, 6) is 0.182. The standard InChI is InChI=1S/C25H31N3O3Si/c1-5-20(30-19-28-17-16-23(26)27-24(28)29)18-31-32(25(2,3)4,21-12-8-6-9-13-21)22-14-10-7-11-15-22/h5-17,20H,1,18-19H2,2-4H3,(H2,26,27,29). The molecule has 0 spiro atoms. The van der Waals surface area contributed by atoms with Crippen LogP contribution in [0.3, 0.4) is 0 Å². The molecule has 0 aliphatic heterocycles. The van der Waals surface area contributed by atoms with Crippen molar-refractivity contribution in [3.8, 4) is 0 Å². The van der Waals surface area contributed by atoms with Crippen LogP contribution in [0.1, 0.15) is 20.8 Å². The second-order valence-corrected chi connectivity index (χ2v) is 13.0. The number of nitrogen functional groups attached to an aromatic ring is 1. The van der Waals surface area contributed by atoms with E-state index < -0.39 is 20.1 Å². The first-order chi connectivity index (χ1) is 15.3. The van der Waals surface area contributed by atoms with Gasteiger partial charge in [0.05, 0.1) is 12.7 Å². The summed E-state index contributed by atoms with van der Waals surface area (Å²) < 4.78 is 14.2. The summed E-state index contributed by atoms with van der Waals surface area (Å²) in [5.41, 5.74) is 5.10. The largest absolute Gasteiger partial charge is 0.404 e. The summed E-state index contributed by atoms with van der Waals surface area (Å²) in [7, 11) is -2.68. The van der Waals surface area contributed by atoms with Gasteiger partial charge in [0, 0.05) is 6.20 Å². The highest BCUT2D eigenvalue weighted by Crippen LogP contribution is 2.36. The number of nitrogens with zero attached hydrogens (tertiary/aromatic N) is 2. The van der Waals surface area contributed by atoms with Crippen molar-refractivity contribution in [1.29, 1.82) is 0 Å².